The van der Waals surface area contributed by atoms with Crippen molar-refractivity contribution in [1.29, 1.82) is 5.26 Å². The van der Waals surface area contributed by atoms with Gasteiger partial charge < -0.3 is 10.1 Å². The summed E-state index contributed by atoms with van der Waals surface area (Å²) in [5.74, 6) is -0.828. The van der Waals surface area contributed by atoms with Crippen molar-refractivity contribution in [2.45, 2.75) is 6.43 Å². The van der Waals surface area contributed by atoms with E-state index in [1.165, 1.54) is 6.07 Å². The molecule has 0 bridgehead atoms. The molecule has 0 N–H and O–H groups in total. The monoisotopic (exact) mass is 233 g/mol. The molecule has 0 saturated heterocycles. The maximum atomic E-state index is 12.3. The Hall–Kier alpha value is -1.81. The number of aromatic nitrogens is 1. The first-order chi connectivity index (χ1) is 6.97. The summed E-state index contributed by atoms with van der Waals surface area (Å²) in [6.07, 6.45) is -2.99. The maximum absolute atomic E-state index is 12.3. The molecule has 5 nitrogen and oxygen atoms in total. The number of halogens is 3. The molecule has 0 saturated carbocycles. The Balaban J connectivity index is 3.47. The first-order valence-electron chi connectivity index (χ1n) is 3.50. The van der Waals surface area contributed by atoms with Gasteiger partial charge in [-0.15, -0.1) is 0 Å². The number of hydrogen-bond donors (Lipinski definition) is 0. The zero-order valence-electron chi connectivity index (χ0n) is 6.95. The molecule has 1 rings (SSSR count). The minimum Gasteiger partial charge on any atom is -0.358 e. The molecule has 15 heavy (non-hydrogen) atoms. The van der Waals surface area contributed by atoms with Crippen molar-refractivity contribution >= 4 is 17.4 Å². The predicted molar refractivity (Wildman–Crippen MR) is 45.6 cm³/mol. The summed E-state index contributed by atoms with van der Waals surface area (Å²) in [4.78, 5) is 12.5. The quantitative estimate of drug-likeness (QED) is 0.580. The van der Waals surface area contributed by atoms with Crippen LogP contribution in [0.15, 0.2) is 6.07 Å². The van der Waals surface area contributed by atoms with Crippen LogP contribution in [0.4, 0.5) is 14.6 Å². The fourth-order valence-electron chi connectivity index (χ4n) is 0.861. The molecular formula is C7H2ClF2N3O2. The molecule has 1 heterocycles. The van der Waals surface area contributed by atoms with E-state index in [2.05, 4.69) is 4.98 Å². The highest BCUT2D eigenvalue weighted by Crippen LogP contribution is 2.31. The lowest BCUT2D eigenvalue weighted by Gasteiger charge is -2.01. The lowest BCUT2D eigenvalue weighted by Crippen LogP contribution is -1.99. The predicted octanol–water partition coefficient (Wildman–Crippen LogP) is 2.45. The Kier molecular flexibility index (Phi) is 3.11. The van der Waals surface area contributed by atoms with Crippen molar-refractivity contribution in [2.24, 2.45) is 0 Å². The fourth-order valence-corrected chi connectivity index (χ4v) is 1.08. The van der Waals surface area contributed by atoms with Crippen LogP contribution in [0.1, 0.15) is 17.7 Å². The Morgan fingerprint density at radius 3 is 2.67 bits per heavy atom. The van der Waals surface area contributed by atoms with E-state index in [0.717, 1.165) is 0 Å². The number of nitrogens with zero attached hydrogens (tertiary/aromatic N) is 3. The Bertz CT molecular complexity index is 458. The SMILES string of the molecule is N#Cc1nc([N+](=O)[O-])cc(C(F)F)c1Cl. The molecule has 0 aromatic carbocycles. The van der Waals surface area contributed by atoms with Gasteiger partial charge in [0.25, 0.3) is 12.1 Å². The summed E-state index contributed by atoms with van der Waals surface area (Å²) >= 11 is 5.39. The number of alkyl halides is 2. The molecule has 0 atom stereocenters. The average molecular weight is 234 g/mol. The molecule has 78 valence electrons. The number of rotatable bonds is 2. The van der Waals surface area contributed by atoms with Gasteiger partial charge in [0.15, 0.2) is 0 Å². The third kappa shape index (κ3) is 2.16. The number of nitro groups is 1. The summed E-state index contributed by atoms with van der Waals surface area (Å²) in [5.41, 5.74) is -1.35. The molecule has 0 aliphatic rings. The first-order valence-corrected chi connectivity index (χ1v) is 3.88. The molecule has 0 radical (unpaired) electrons. The van der Waals surface area contributed by atoms with Gasteiger partial charge in [0, 0.05) is 6.07 Å². The number of hydrogen-bond acceptors (Lipinski definition) is 4. The first kappa shape index (κ1) is 11.3. The summed E-state index contributed by atoms with van der Waals surface area (Å²) in [6, 6.07) is 1.95. The largest absolute Gasteiger partial charge is 0.365 e. The summed E-state index contributed by atoms with van der Waals surface area (Å²) in [7, 11) is 0. The molecule has 0 spiro atoms. The van der Waals surface area contributed by atoms with Crippen molar-refractivity contribution in [3.8, 4) is 6.07 Å². The van der Waals surface area contributed by atoms with Crippen molar-refractivity contribution in [3.63, 3.8) is 0 Å². The lowest BCUT2D eigenvalue weighted by atomic mass is 10.2. The van der Waals surface area contributed by atoms with Crippen molar-refractivity contribution in [1.82, 2.24) is 4.98 Å². The van der Waals surface area contributed by atoms with Gasteiger partial charge in [0.1, 0.15) is 11.1 Å². The molecule has 8 heteroatoms. The van der Waals surface area contributed by atoms with Crippen molar-refractivity contribution in [2.75, 3.05) is 0 Å². The van der Waals surface area contributed by atoms with Crippen LogP contribution in [0.2, 0.25) is 5.02 Å². The van der Waals surface area contributed by atoms with Gasteiger partial charge in [-0.1, -0.05) is 11.6 Å². The minimum absolute atomic E-state index is 0.549. The molecule has 0 aliphatic carbocycles. The summed E-state index contributed by atoms with van der Waals surface area (Å²) < 4.78 is 24.7. The minimum atomic E-state index is -2.99. The van der Waals surface area contributed by atoms with E-state index in [1.54, 1.807) is 0 Å². The zero-order chi connectivity index (χ0) is 11.6. The van der Waals surface area contributed by atoms with Crippen molar-refractivity contribution < 1.29 is 13.7 Å². The van der Waals surface area contributed by atoms with Crippen LogP contribution in [-0.2, 0) is 0 Å². The third-order valence-corrected chi connectivity index (χ3v) is 1.90. The Morgan fingerprint density at radius 1 is 1.67 bits per heavy atom. The van der Waals surface area contributed by atoms with E-state index in [-0.39, 0.29) is 0 Å². The van der Waals surface area contributed by atoms with Gasteiger partial charge in [0.05, 0.1) is 5.56 Å². The van der Waals surface area contributed by atoms with Gasteiger partial charge in [0.2, 0.25) is 0 Å². The molecule has 0 unspecified atom stereocenters. The normalized spacial score (nSPS) is 10.1. The number of pyridine rings is 1. The van der Waals surface area contributed by atoms with Gasteiger partial charge >= 0.3 is 5.82 Å². The standard InChI is InChI=1S/C7H2ClF2N3O2/c8-6-3(7(9)10)1-5(13(14)15)12-4(6)2-11/h1,7H. The second-order valence-corrected chi connectivity index (χ2v) is 2.78. The third-order valence-electron chi connectivity index (χ3n) is 1.50. The van der Waals surface area contributed by atoms with Crippen LogP contribution < -0.4 is 0 Å². The van der Waals surface area contributed by atoms with Crippen LogP contribution in [-0.4, -0.2) is 9.91 Å². The second kappa shape index (κ2) is 4.14. The Labute approximate surface area is 87.1 Å². The van der Waals surface area contributed by atoms with Crippen LogP contribution in [0.25, 0.3) is 0 Å². The highest BCUT2D eigenvalue weighted by molar-refractivity contribution is 6.32. The fraction of sp³-hybridized carbons (Fsp3) is 0.143. The van der Waals surface area contributed by atoms with Crippen LogP contribution in [0, 0.1) is 21.4 Å². The lowest BCUT2D eigenvalue weighted by molar-refractivity contribution is -0.389. The topological polar surface area (TPSA) is 79.8 Å². The van der Waals surface area contributed by atoms with E-state index in [0.29, 0.717) is 6.07 Å². The van der Waals surface area contributed by atoms with Gasteiger partial charge in [-0.05, 0) is 9.91 Å². The average Bonchev–Trinajstić information content (AvgIpc) is 2.17. The Morgan fingerprint density at radius 2 is 2.27 bits per heavy atom. The molecule has 1 aromatic rings. The van der Waals surface area contributed by atoms with E-state index in [4.69, 9.17) is 16.9 Å². The highest BCUT2D eigenvalue weighted by atomic mass is 35.5. The van der Waals surface area contributed by atoms with Crippen molar-refractivity contribution in [3.05, 3.63) is 32.5 Å². The smallest absolute Gasteiger partial charge is 0.358 e. The van der Waals surface area contributed by atoms with E-state index in [1.807, 2.05) is 0 Å². The zero-order valence-corrected chi connectivity index (χ0v) is 7.70. The van der Waals surface area contributed by atoms with E-state index >= 15 is 0 Å². The van der Waals surface area contributed by atoms with E-state index < -0.39 is 33.4 Å². The molecule has 0 amide bonds. The van der Waals surface area contributed by atoms with Gasteiger partial charge in [-0.25, -0.2) is 8.78 Å². The highest BCUT2D eigenvalue weighted by Gasteiger charge is 2.24. The summed E-state index contributed by atoms with van der Waals surface area (Å²) in [5, 5.41) is 18.2. The second-order valence-electron chi connectivity index (χ2n) is 2.40. The van der Waals surface area contributed by atoms with Crippen LogP contribution in [0.5, 0.6) is 0 Å². The van der Waals surface area contributed by atoms with E-state index in [9.17, 15) is 18.9 Å². The molecule has 0 aliphatic heterocycles. The maximum Gasteiger partial charge on any atom is 0.365 e. The number of nitriles is 1. The molecule has 0 fully saturated rings. The summed E-state index contributed by atoms with van der Waals surface area (Å²) in [6.45, 7) is 0. The van der Waals surface area contributed by atoms with Gasteiger partial charge in [-0.2, -0.15) is 5.26 Å². The molecule has 1 aromatic heterocycles. The van der Waals surface area contributed by atoms with Gasteiger partial charge in [-0.3, -0.25) is 0 Å². The van der Waals surface area contributed by atoms with Crippen LogP contribution >= 0.6 is 11.6 Å². The molecular weight excluding hydrogens is 232 g/mol. The van der Waals surface area contributed by atoms with Crippen LogP contribution in [0.3, 0.4) is 0 Å².